The zero-order valence-corrected chi connectivity index (χ0v) is 10.6. The second kappa shape index (κ2) is 4.59. The summed E-state index contributed by atoms with van der Waals surface area (Å²) in [6.07, 6.45) is 7.16. The van der Waals surface area contributed by atoms with Crippen molar-refractivity contribution in [1.82, 2.24) is 4.98 Å². The molecule has 1 aromatic heterocycles. The summed E-state index contributed by atoms with van der Waals surface area (Å²) in [5, 5.41) is 0. The number of pyridine rings is 1. The lowest BCUT2D eigenvalue weighted by molar-refractivity contribution is -0.126. The molecular weight excluding hydrogens is 228 g/mol. The normalized spacial score (nSPS) is 24.6. The second-order valence-electron chi connectivity index (χ2n) is 5.09. The van der Waals surface area contributed by atoms with Gasteiger partial charge in [0.2, 0.25) is 5.88 Å². The molecule has 0 radical (unpaired) electrons. The summed E-state index contributed by atoms with van der Waals surface area (Å²) >= 11 is 0. The summed E-state index contributed by atoms with van der Waals surface area (Å²) < 4.78 is 5.56. The SMILES string of the molecule is CC1Oc2ncccc2N(C2CCCCC2)C1=O. The fraction of sp³-hybridized carbons (Fsp3) is 0.571. The number of anilines is 1. The molecule has 1 aliphatic heterocycles. The minimum absolute atomic E-state index is 0.0717. The summed E-state index contributed by atoms with van der Waals surface area (Å²) in [6, 6.07) is 4.11. The first-order chi connectivity index (χ1) is 8.77. The first-order valence-electron chi connectivity index (χ1n) is 6.72. The Bertz CT molecular complexity index is 455. The maximum atomic E-state index is 12.4. The Morgan fingerprint density at radius 3 is 2.89 bits per heavy atom. The van der Waals surface area contributed by atoms with Crippen LogP contribution in [-0.4, -0.2) is 23.0 Å². The van der Waals surface area contributed by atoms with E-state index >= 15 is 0 Å². The van der Waals surface area contributed by atoms with E-state index in [0.717, 1.165) is 18.5 Å². The van der Waals surface area contributed by atoms with Gasteiger partial charge in [0.05, 0.1) is 0 Å². The lowest BCUT2D eigenvalue weighted by Crippen LogP contribution is -2.50. The Labute approximate surface area is 107 Å². The standard InChI is InChI=1S/C14H18N2O2/c1-10-14(17)16(11-6-3-2-4-7-11)12-8-5-9-15-13(12)18-10/h5,8-11H,2-4,6-7H2,1H3. The summed E-state index contributed by atoms with van der Waals surface area (Å²) in [6.45, 7) is 1.80. The third kappa shape index (κ3) is 1.85. The summed E-state index contributed by atoms with van der Waals surface area (Å²) in [5.74, 6) is 0.664. The van der Waals surface area contributed by atoms with E-state index in [0.29, 0.717) is 11.9 Å². The van der Waals surface area contributed by atoms with E-state index in [2.05, 4.69) is 4.98 Å². The highest BCUT2D eigenvalue weighted by atomic mass is 16.5. The van der Waals surface area contributed by atoms with Gasteiger partial charge in [0.25, 0.3) is 5.91 Å². The molecule has 4 heteroatoms. The zero-order valence-electron chi connectivity index (χ0n) is 10.6. The molecule has 0 aromatic carbocycles. The van der Waals surface area contributed by atoms with E-state index in [1.165, 1.54) is 19.3 Å². The smallest absolute Gasteiger partial charge is 0.268 e. The van der Waals surface area contributed by atoms with Crippen LogP contribution < -0.4 is 9.64 Å². The number of fused-ring (bicyclic) bond motifs is 1. The van der Waals surface area contributed by atoms with Crippen molar-refractivity contribution in [3.63, 3.8) is 0 Å². The maximum Gasteiger partial charge on any atom is 0.268 e. The molecule has 1 amide bonds. The Kier molecular flexibility index (Phi) is 2.94. The van der Waals surface area contributed by atoms with Crippen LogP contribution >= 0.6 is 0 Å². The number of rotatable bonds is 1. The predicted octanol–water partition coefficient (Wildman–Crippen LogP) is 2.53. The van der Waals surface area contributed by atoms with Gasteiger partial charge in [-0.15, -0.1) is 0 Å². The topological polar surface area (TPSA) is 42.4 Å². The molecular formula is C14H18N2O2. The van der Waals surface area contributed by atoms with Crippen LogP contribution in [0.4, 0.5) is 5.69 Å². The quantitative estimate of drug-likeness (QED) is 0.764. The largest absolute Gasteiger partial charge is 0.463 e. The number of amides is 1. The third-order valence-corrected chi connectivity index (χ3v) is 3.82. The third-order valence-electron chi connectivity index (χ3n) is 3.82. The lowest BCUT2D eigenvalue weighted by atomic mass is 9.93. The average molecular weight is 246 g/mol. The van der Waals surface area contributed by atoms with Crippen LogP contribution in [0.25, 0.3) is 0 Å². The number of carbonyl (C=O) groups excluding carboxylic acids is 1. The number of ether oxygens (including phenoxy) is 1. The monoisotopic (exact) mass is 246 g/mol. The molecule has 0 N–H and O–H groups in total. The molecule has 1 unspecified atom stereocenters. The van der Waals surface area contributed by atoms with Crippen LogP contribution in [0, 0.1) is 0 Å². The van der Waals surface area contributed by atoms with Gasteiger partial charge in [-0.3, -0.25) is 4.79 Å². The van der Waals surface area contributed by atoms with Crippen molar-refractivity contribution < 1.29 is 9.53 Å². The van der Waals surface area contributed by atoms with E-state index in [9.17, 15) is 4.79 Å². The van der Waals surface area contributed by atoms with Crippen molar-refractivity contribution in [1.29, 1.82) is 0 Å². The van der Waals surface area contributed by atoms with Crippen LogP contribution in [0.15, 0.2) is 18.3 Å². The maximum absolute atomic E-state index is 12.4. The number of hydrogen-bond acceptors (Lipinski definition) is 3. The molecule has 2 aliphatic rings. The van der Waals surface area contributed by atoms with E-state index in [1.807, 2.05) is 17.0 Å². The predicted molar refractivity (Wildman–Crippen MR) is 68.7 cm³/mol. The molecule has 1 fully saturated rings. The minimum atomic E-state index is -0.422. The highest BCUT2D eigenvalue weighted by Crippen LogP contribution is 2.36. The van der Waals surface area contributed by atoms with Crippen molar-refractivity contribution in [2.24, 2.45) is 0 Å². The zero-order chi connectivity index (χ0) is 12.5. The molecule has 1 aromatic rings. The molecule has 3 rings (SSSR count). The molecule has 0 saturated heterocycles. The number of carbonyl (C=O) groups is 1. The van der Waals surface area contributed by atoms with Crippen LogP contribution in [0.2, 0.25) is 0 Å². The number of hydrogen-bond donors (Lipinski definition) is 0. The van der Waals surface area contributed by atoms with E-state index in [-0.39, 0.29) is 5.91 Å². The molecule has 2 heterocycles. The van der Waals surface area contributed by atoms with Gasteiger partial charge >= 0.3 is 0 Å². The molecule has 1 atom stereocenters. The molecule has 96 valence electrons. The first kappa shape index (κ1) is 11.5. The summed E-state index contributed by atoms with van der Waals surface area (Å²) in [7, 11) is 0. The van der Waals surface area contributed by atoms with Gasteiger partial charge in [0.15, 0.2) is 6.10 Å². The Morgan fingerprint density at radius 1 is 1.33 bits per heavy atom. The molecule has 18 heavy (non-hydrogen) atoms. The Hall–Kier alpha value is -1.58. The molecule has 4 nitrogen and oxygen atoms in total. The van der Waals surface area contributed by atoms with Crippen molar-refractivity contribution in [2.45, 2.75) is 51.2 Å². The fourth-order valence-corrected chi connectivity index (χ4v) is 2.90. The van der Waals surface area contributed by atoms with E-state index in [4.69, 9.17) is 4.74 Å². The Morgan fingerprint density at radius 2 is 2.11 bits per heavy atom. The van der Waals surface area contributed by atoms with E-state index < -0.39 is 6.10 Å². The Balaban J connectivity index is 1.97. The number of aromatic nitrogens is 1. The molecule has 0 bridgehead atoms. The molecule has 0 spiro atoms. The van der Waals surface area contributed by atoms with Gasteiger partial charge in [0, 0.05) is 12.2 Å². The van der Waals surface area contributed by atoms with Gasteiger partial charge in [0.1, 0.15) is 5.69 Å². The van der Waals surface area contributed by atoms with Gasteiger partial charge in [-0.2, -0.15) is 0 Å². The number of nitrogens with zero attached hydrogens (tertiary/aromatic N) is 2. The molecule has 1 saturated carbocycles. The highest BCUT2D eigenvalue weighted by Gasteiger charge is 2.36. The fourth-order valence-electron chi connectivity index (χ4n) is 2.90. The average Bonchev–Trinajstić information content (AvgIpc) is 2.41. The van der Waals surface area contributed by atoms with Crippen LogP contribution in [-0.2, 0) is 4.79 Å². The molecule has 1 aliphatic carbocycles. The van der Waals surface area contributed by atoms with Crippen LogP contribution in [0.3, 0.4) is 0 Å². The van der Waals surface area contributed by atoms with Crippen molar-refractivity contribution in [3.05, 3.63) is 18.3 Å². The van der Waals surface area contributed by atoms with Gasteiger partial charge in [-0.1, -0.05) is 19.3 Å². The van der Waals surface area contributed by atoms with Gasteiger partial charge < -0.3 is 9.64 Å². The van der Waals surface area contributed by atoms with Crippen molar-refractivity contribution in [2.75, 3.05) is 4.90 Å². The van der Waals surface area contributed by atoms with Crippen molar-refractivity contribution >= 4 is 11.6 Å². The highest BCUT2D eigenvalue weighted by molar-refractivity contribution is 5.99. The minimum Gasteiger partial charge on any atom is -0.463 e. The van der Waals surface area contributed by atoms with E-state index in [1.54, 1.807) is 13.1 Å². The van der Waals surface area contributed by atoms with Gasteiger partial charge in [-0.05, 0) is 31.9 Å². The summed E-state index contributed by atoms with van der Waals surface area (Å²) in [4.78, 5) is 18.5. The van der Waals surface area contributed by atoms with Crippen LogP contribution in [0.1, 0.15) is 39.0 Å². The van der Waals surface area contributed by atoms with Gasteiger partial charge in [-0.25, -0.2) is 4.98 Å². The second-order valence-corrected chi connectivity index (χ2v) is 5.09. The van der Waals surface area contributed by atoms with Crippen molar-refractivity contribution in [3.8, 4) is 5.88 Å². The van der Waals surface area contributed by atoms with Crippen LogP contribution in [0.5, 0.6) is 5.88 Å². The summed E-state index contributed by atoms with van der Waals surface area (Å²) in [5.41, 5.74) is 0.840. The lowest BCUT2D eigenvalue weighted by Gasteiger charge is -2.39. The first-order valence-corrected chi connectivity index (χ1v) is 6.72.